The van der Waals surface area contributed by atoms with Gasteiger partial charge in [0.2, 0.25) is 0 Å². The van der Waals surface area contributed by atoms with Crippen LogP contribution in [0.5, 0.6) is 0 Å². The maximum absolute atomic E-state index is 12.6. The van der Waals surface area contributed by atoms with Gasteiger partial charge in [-0.1, -0.05) is 29.8 Å². The van der Waals surface area contributed by atoms with E-state index in [0.29, 0.717) is 9.90 Å². The number of carbonyl (C=O) groups is 1. The van der Waals surface area contributed by atoms with Gasteiger partial charge in [0.25, 0.3) is 5.91 Å². The first-order chi connectivity index (χ1) is 10.5. The Hall–Kier alpha value is -1.91. The Balaban J connectivity index is 1.99. The van der Waals surface area contributed by atoms with Crippen LogP contribution in [0.3, 0.4) is 0 Å². The number of hydrogen-bond donors (Lipinski definition) is 1. The van der Waals surface area contributed by atoms with E-state index < -0.39 is 0 Å². The van der Waals surface area contributed by atoms with Gasteiger partial charge in [-0.2, -0.15) is 0 Å². The number of fused-ring (bicyclic) bond motifs is 1. The Kier molecular flexibility index (Phi) is 3.89. The maximum Gasteiger partial charge on any atom is 0.267 e. The summed E-state index contributed by atoms with van der Waals surface area (Å²) in [5.41, 5.74) is 3.50. The van der Waals surface area contributed by atoms with Crippen LogP contribution in [0, 0.1) is 20.8 Å². The molecule has 0 aliphatic carbocycles. The van der Waals surface area contributed by atoms with E-state index in [2.05, 4.69) is 10.3 Å². The van der Waals surface area contributed by atoms with Crippen molar-refractivity contribution in [3.63, 3.8) is 0 Å². The highest BCUT2D eigenvalue weighted by Gasteiger charge is 2.18. The minimum atomic E-state index is -0.192. The average molecular weight is 331 g/mol. The minimum absolute atomic E-state index is 0.192. The molecule has 22 heavy (non-hydrogen) atoms. The second-order valence-electron chi connectivity index (χ2n) is 5.24. The lowest BCUT2D eigenvalue weighted by Crippen LogP contribution is -2.13. The molecule has 0 saturated heterocycles. The van der Waals surface area contributed by atoms with Gasteiger partial charge in [0, 0.05) is 15.8 Å². The highest BCUT2D eigenvalue weighted by Crippen LogP contribution is 2.35. The summed E-state index contributed by atoms with van der Waals surface area (Å²) in [6, 6.07) is 9.70. The highest BCUT2D eigenvalue weighted by atomic mass is 35.5. The predicted molar refractivity (Wildman–Crippen MR) is 93.2 cm³/mol. The van der Waals surface area contributed by atoms with Gasteiger partial charge >= 0.3 is 0 Å². The third-order valence-electron chi connectivity index (χ3n) is 3.51. The standard InChI is InChI=1S/C17H15ClN2OS/c1-9-8-10(2)19-11(3)15(9)20-17(21)16-14(18)12-6-4-5-7-13(12)22-16/h4-8H,1-3H3,(H,20,21). The molecule has 2 aromatic heterocycles. The molecule has 2 heterocycles. The smallest absolute Gasteiger partial charge is 0.267 e. The van der Waals surface area contributed by atoms with Crippen molar-refractivity contribution in [2.75, 3.05) is 5.32 Å². The molecule has 0 spiro atoms. The van der Waals surface area contributed by atoms with Crippen molar-refractivity contribution in [2.24, 2.45) is 0 Å². The molecule has 0 aliphatic rings. The van der Waals surface area contributed by atoms with E-state index in [1.807, 2.05) is 51.1 Å². The predicted octanol–water partition coefficient (Wildman–Crippen LogP) is 5.13. The number of anilines is 1. The Morgan fingerprint density at radius 3 is 2.64 bits per heavy atom. The van der Waals surface area contributed by atoms with Crippen molar-refractivity contribution in [2.45, 2.75) is 20.8 Å². The van der Waals surface area contributed by atoms with E-state index in [4.69, 9.17) is 11.6 Å². The second kappa shape index (κ2) is 5.71. The summed E-state index contributed by atoms with van der Waals surface area (Å²) in [5.74, 6) is -0.192. The molecule has 3 rings (SSSR count). The Morgan fingerprint density at radius 2 is 1.95 bits per heavy atom. The zero-order valence-electron chi connectivity index (χ0n) is 12.5. The van der Waals surface area contributed by atoms with E-state index in [0.717, 1.165) is 32.7 Å². The third-order valence-corrected chi connectivity index (χ3v) is 5.18. The van der Waals surface area contributed by atoms with Crippen molar-refractivity contribution < 1.29 is 4.79 Å². The number of hydrogen-bond acceptors (Lipinski definition) is 3. The van der Waals surface area contributed by atoms with Crippen molar-refractivity contribution in [3.8, 4) is 0 Å². The van der Waals surface area contributed by atoms with Gasteiger partial charge in [-0.25, -0.2) is 0 Å². The number of pyridine rings is 1. The van der Waals surface area contributed by atoms with Crippen molar-refractivity contribution in [3.05, 3.63) is 57.2 Å². The molecule has 0 bridgehead atoms. The lowest BCUT2D eigenvalue weighted by molar-refractivity contribution is 0.103. The molecule has 0 radical (unpaired) electrons. The summed E-state index contributed by atoms with van der Waals surface area (Å²) in [4.78, 5) is 17.5. The van der Waals surface area contributed by atoms with Crippen LogP contribution in [0.1, 0.15) is 26.6 Å². The number of carbonyl (C=O) groups excluding carboxylic acids is 1. The van der Waals surface area contributed by atoms with Gasteiger partial charge in [0.15, 0.2) is 0 Å². The molecule has 0 saturated carbocycles. The summed E-state index contributed by atoms with van der Waals surface area (Å²) in [6.07, 6.45) is 0. The number of aryl methyl sites for hydroxylation is 3. The van der Waals surface area contributed by atoms with Gasteiger partial charge in [-0.05, 0) is 38.5 Å². The zero-order chi connectivity index (χ0) is 15.9. The molecule has 1 amide bonds. The number of thiophene rings is 1. The molecule has 0 unspecified atom stereocenters. The lowest BCUT2D eigenvalue weighted by atomic mass is 10.1. The molecule has 3 aromatic rings. The molecule has 5 heteroatoms. The summed E-state index contributed by atoms with van der Waals surface area (Å²) < 4.78 is 1.01. The fraction of sp³-hybridized carbons (Fsp3) is 0.176. The summed E-state index contributed by atoms with van der Waals surface area (Å²) in [7, 11) is 0. The summed E-state index contributed by atoms with van der Waals surface area (Å²) in [5, 5.41) is 4.37. The normalized spacial score (nSPS) is 10.9. The van der Waals surface area contributed by atoms with Crippen LogP contribution < -0.4 is 5.32 Å². The van der Waals surface area contributed by atoms with E-state index in [1.54, 1.807) is 0 Å². The number of nitrogens with one attached hydrogen (secondary N) is 1. The summed E-state index contributed by atoms with van der Waals surface area (Å²) in [6.45, 7) is 5.79. The first-order valence-corrected chi connectivity index (χ1v) is 8.10. The molecule has 0 aliphatic heterocycles. The van der Waals surface area contributed by atoms with Gasteiger partial charge in [-0.15, -0.1) is 11.3 Å². The first-order valence-electron chi connectivity index (χ1n) is 6.90. The van der Waals surface area contributed by atoms with Crippen LogP contribution in [0.25, 0.3) is 10.1 Å². The second-order valence-corrected chi connectivity index (χ2v) is 6.67. The number of rotatable bonds is 2. The van der Waals surface area contributed by atoms with Crippen LogP contribution in [0.2, 0.25) is 5.02 Å². The molecular weight excluding hydrogens is 316 g/mol. The van der Waals surface area contributed by atoms with E-state index in [9.17, 15) is 4.79 Å². The van der Waals surface area contributed by atoms with E-state index >= 15 is 0 Å². The maximum atomic E-state index is 12.6. The van der Waals surface area contributed by atoms with Crippen molar-refractivity contribution in [1.82, 2.24) is 4.98 Å². The quantitative estimate of drug-likeness (QED) is 0.708. The van der Waals surface area contributed by atoms with Gasteiger partial charge in [0.1, 0.15) is 4.88 Å². The average Bonchev–Trinajstić information content (AvgIpc) is 2.80. The number of amides is 1. The SMILES string of the molecule is Cc1cc(C)c(NC(=O)c2sc3ccccc3c2Cl)c(C)n1. The molecule has 112 valence electrons. The fourth-order valence-electron chi connectivity index (χ4n) is 2.54. The van der Waals surface area contributed by atoms with Crippen LogP contribution in [-0.4, -0.2) is 10.9 Å². The van der Waals surface area contributed by atoms with Crippen molar-refractivity contribution >= 4 is 44.6 Å². The molecule has 3 nitrogen and oxygen atoms in total. The monoisotopic (exact) mass is 330 g/mol. The number of nitrogens with zero attached hydrogens (tertiary/aromatic N) is 1. The molecule has 1 aromatic carbocycles. The van der Waals surface area contributed by atoms with Crippen LogP contribution in [-0.2, 0) is 0 Å². The lowest BCUT2D eigenvalue weighted by Gasteiger charge is -2.11. The Labute approximate surface area is 138 Å². The van der Waals surface area contributed by atoms with Crippen LogP contribution in [0.15, 0.2) is 30.3 Å². The topological polar surface area (TPSA) is 42.0 Å². The third kappa shape index (κ3) is 2.60. The number of halogens is 1. The Morgan fingerprint density at radius 1 is 1.23 bits per heavy atom. The van der Waals surface area contributed by atoms with Crippen molar-refractivity contribution in [1.29, 1.82) is 0 Å². The van der Waals surface area contributed by atoms with E-state index in [1.165, 1.54) is 11.3 Å². The number of aromatic nitrogens is 1. The van der Waals surface area contributed by atoms with Gasteiger partial charge in [-0.3, -0.25) is 9.78 Å². The number of benzene rings is 1. The molecule has 1 N–H and O–H groups in total. The molecule has 0 atom stereocenters. The van der Waals surface area contributed by atoms with Crippen LogP contribution >= 0.6 is 22.9 Å². The van der Waals surface area contributed by atoms with Gasteiger partial charge < -0.3 is 5.32 Å². The molecular formula is C17H15ClN2OS. The molecule has 0 fully saturated rings. The highest BCUT2D eigenvalue weighted by molar-refractivity contribution is 7.21. The Bertz CT molecular complexity index is 862. The fourth-order valence-corrected chi connectivity index (χ4v) is 3.96. The minimum Gasteiger partial charge on any atom is -0.319 e. The largest absolute Gasteiger partial charge is 0.319 e. The zero-order valence-corrected chi connectivity index (χ0v) is 14.1. The summed E-state index contributed by atoms with van der Waals surface area (Å²) >= 11 is 7.76. The first kappa shape index (κ1) is 15.0. The van der Waals surface area contributed by atoms with E-state index in [-0.39, 0.29) is 5.91 Å². The van der Waals surface area contributed by atoms with Gasteiger partial charge in [0.05, 0.1) is 16.4 Å². The van der Waals surface area contributed by atoms with Crippen LogP contribution in [0.4, 0.5) is 5.69 Å².